The van der Waals surface area contributed by atoms with Crippen LogP contribution in [0.3, 0.4) is 0 Å². The monoisotopic (exact) mass is 351 g/mol. The Bertz CT molecular complexity index is 751. The average Bonchev–Trinajstić information content (AvgIpc) is 2.69. The SMILES string of the molecule is Cc1ccc(C(=O)N2CCN(C(=O)CN(C)c3ccccc3)CC2)cc1. The maximum Gasteiger partial charge on any atom is 0.253 e. The molecule has 2 amide bonds. The van der Waals surface area contributed by atoms with Crippen molar-refractivity contribution in [2.45, 2.75) is 6.92 Å². The molecule has 2 aromatic carbocycles. The minimum atomic E-state index is 0.0403. The van der Waals surface area contributed by atoms with Gasteiger partial charge in [-0.25, -0.2) is 0 Å². The fourth-order valence-electron chi connectivity index (χ4n) is 3.11. The molecule has 0 unspecified atom stereocenters. The normalized spacial score (nSPS) is 14.2. The van der Waals surface area contributed by atoms with Crippen LogP contribution in [0.1, 0.15) is 15.9 Å². The Hall–Kier alpha value is -2.82. The highest BCUT2D eigenvalue weighted by atomic mass is 16.2. The van der Waals surface area contributed by atoms with Gasteiger partial charge in [0.15, 0.2) is 0 Å². The average molecular weight is 351 g/mol. The first-order valence-corrected chi connectivity index (χ1v) is 8.94. The topological polar surface area (TPSA) is 43.9 Å². The van der Waals surface area contributed by atoms with E-state index in [4.69, 9.17) is 0 Å². The second-order valence-electron chi connectivity index (χ2n) is 6.73. The quantitative estimate of drug-likeness (QED) is 0.850. The van der Waals surface area contributed by atoms with E-state index >= 15 is 0 Å². The predicted octanol–water partition coefficient (Wildman–Crippen LogP) is 2.42. The van der Waals surface area contributed by atoms with Crippen molar-refractivity contribution in [3.05, 3.63) is 65.7 Å². The molecule has 0 aliphatic carbocycles. The number of piperazine rings is 1. The van der Waals surface area contributed by atoms with Crippen LogP contribution in [0.25, 0.3) is 0 Å². The van der Waals surface area contributed by atoms with Crippen LogP contribution in [-0.4, -0.2) is 61.4 Å². The summed E-state index contributed by atoms with van der Waals surface area (Å²) in [5.74, 6) is 0.136. The maximum atomic E-state index is 12.6. The molecule has 0 spiro atoms. The highest BCUT2D eigenvalue weighted by molar-refractivity contribution is 5.94. The Morgan fingerprint density at radius 2 is 1.46 bits per heavy atom. The van der Waals surface area contributed by atoms with Crippen LogP contribution >= 0.6 is 0 Å². The summed E-state index contributed by atoms with van der Waals surface area (Å²) in [5, 5.41) is 0. The molecule has 3 rings (SSSR count). The highest BCUT2D eigenvalue weighted by Gasteiger charge is 2.25. The molecule has 0 N–H and O–H groups in total. The van der Waals surface area contributed by atoms with Crippen molar-refractivity contribution in [2.75, 3.05) is 44.7 Å². The standard InChI is InChI=1S/C21H25N3O2/c1-17-8-10-18(11-9-17)21(26)24-14-12-23(13-15-24)20(25)16-22(2)19-6-4-3-5-7-19/h3-11H,12-16H2,1-2H3. The Kier molecular flexibility index (Phi) is 5.56. The minimum Gasteiger partial charge on any atom is -0.365 e. The summed E-state index contributed by atoms with van der Waals surface area (Å²) in [7, 11) is 1.92. The summed E-state index contributed by atoms with van der Waals surface area (Å²) in [6.07, 6.45) is 0. The molecule has 1 fully saturated rings. The first-order valence-electron chi connectivity index (χ1n) is 8.94. The lowest BCUT2D eigenvalue weighted by Crippen LogP contribution is -2.52. The van der Waals surface area contributed by atoms with E-state index in [1.54, 1.807) is 0 Å². The molecule has 0 radical (unpaired) electrons. The van der Waals surface area contributed by atoms with Crippen LogP contribution in [0.4, 0.5) is 5.69 Å². The number of benzene rings is 2. The molecular weight excluding hydrogens is 326 g/mol. The van der Waals surface area contributed by atoms with E-state index in [-0.39, 0.29) is 11.8 Å². The van der Waals surface area contributed by atoms with Crippen molar-refractivity contribution in [3.63, 3.8) is 0 Å². The number of para-hydroxylation sites is 1. The molecule has 0 saturated carbocycles. The number of amides is 2. The molecule has 5 heteroatoms. The minimum absolute atomic E-state index is 0.0403. The zero-order valence-electron chi connectivity index (χ0n) is 15.4. The zero-order valence-corrected chi connectivity index (χ0v) is 15.4. The van der Waals surface area contributed by atoms with Crippen molar-refractivity contribution in [2.24, 2.45) is 0 Å². The molecule has 1 saturated heterocycles. The van der Waals surface area contributed by atoms with Gasteiger partial charge in [0, 0.05) is 44.5 Å². The Morgan fingerprint density at radius 1 is 0.885 bits per heavy atom. The van der Waals surface area contributed by atoms with E-state index in [1.165, 1.54) is 0 Å². The van der Waals surface area contributed by atoms with E-state index in [1.807, 2.05) is 83.3 Å². The van der Waals surface area contributed by atoms with Gasteiger partial charge in [-0.05, 0) is 31.2 Å². The molecule has 136 valence electrons. The number of hydrogen-bond acceptors (Lipinski definition) is 3. The van der Waals surface area contributed by atoms with E-state index < -0.39 is 0 Å². The molecule has 1 aliphatic rings. The van der Waals surface area contributed by atoms with Gasteiger partial charge in [0.25, 0.3) is 5.91 Å². The molecule has 0 bridgehead atoms. The summed E-state index contributed by atoms with van der Waals surface area (Å²) >= 11 is 0. The first kappa shape index (κ1) is 18.0. The lowest BCUT2D eigenvalue weighted by atomic mass is 10.1. The van der Waals surface area contributed by atoms with E-state index in [2.05, 4.69) is 0 Å². The van der Waals surface area contributed by atoms with Gasteiger partial charge in [0.05, 0.1) is 6.54 Å². The van der Waals surface area contributed by atoms with Gasteiger partial charge in [-0.3, -0.25) is 9.59 Å². The molecule has 1 heterocycles. The van der Waals surface area contributed by atoms with Gasteiger partial charge in [-0.1, -0.05) is 35.9 Å². The number of hydrogen-bond donors (Lipinski definition) is 0. The second kappa shape index (κ2) is 8.04. The van der Waals surface area contributed by atoms with Crippen molar-refractivity contribution < 1.29 is 9.59 Å². The molecular formula is C21H25N3O2. The predicted molar refractivity (Wildman–Crippen MR) is 103 cm³/mol. The fourth-order valence-corrected chi connectivity index (χ4v) is 3.11. The second-order valence-corrected chi connectivity index (χ2v) is 6.73. The lowest BCUT2D eigenvalue weighted by molar-refractivity contribution is -0.131. The van der Waals surface area contributed by atoms with E-state index in [0.29, 0.717) is 38.3 Å². The number of rotatable bonds is 4. The Labute approximate surface area is 154 Å². The molecule has 5 nitrogen and oxygen atoms in total. The maximum absolute atomic E-state index is 12.6. The lowest BCUT2D eigenvalue weighted by Gasteiger charge is -2.35. The number of anilines is 1. The van der Waals surface area contributed by atoms with Crippen molar-refractivity contribution in [3.8, 4) is 0 Å². The smallest absolute Gasteiger partial charge is 0.253 e. The van der Waals surface area contributed by atoms with Gasteiger partial charge < -0.3 is 14.7 Å². The molecule has 0 atom stereocenters. The van der Waals surface area contributed by atoms with Crippen LogP contribution in [0, 0.1) is 6.92 Å². The van der Waals surface area contributed by atoms with Crippen LogP contribution < -0.4 is 4.90 Å². The van der Waals surface area contributed by atoms with Gasteiger partial charge in [-0.15, -0.1) is 0 Å². The summed E-state index contributed by atoms with van der Waals surface area (Å²) in [6, 6.07) is 17.5. The van der Waals surface area contributed by atoms with Crippen molar-refractivity contribution in [1.29, 1.82) is 0 Å². The number of nitrogens with zero attached hydrogens (tertiary/aromatic N) is 3. The third-order valence-corrected chi connectivity index (χ3v) is 4.79. The zero-order chi connectivity index (χ0) is 18.5. The van der Waals surface area contributed by atoms with Gasteiger partial charge in [0.1, 0.15) is 0 Å². The highest BCUT2D eigenvalue weighted by Crippen LogP contribution is 2.13. The van der Waals surface area contributed by atoms with Crippen molar-refractivity contribution in [1.82, 2.24) is 9.80 Å². The summed E-state index contributed by atoms with van der Waals surface area (Å²) in [4.78, 5) is 30.7. The summed E-state index contributed by atoms with van der Waals surface area (Å²) in [6.45, 7) is 4.67. The molecule has 26 heavy (non-hydrogen) atoms. The first-order chi connectivity index (χ1) is 12.5. The van der Waals surface area contributed by atoms with Crippen LogP contribution in [0.5, 0.6) is 0 Å². The molecule has 0 aromatic heterocycles. The third-order valence-electron chi connectivity index (χ3n) is 4.79. The summed E-state index contributed by atoms with van der Waals surface area (Å²) < 4.78 is 0. The van der Waals surface area contributed by atoms with Gasteiger partial charge in [0.2, 0.25) is 5.91 Å². The van der Waals surface area contributed by atoms with Crippen LogP contribution in [0.15, 0.2) is 54.6 Å². The van der Waals surface area contributed by atoms with Gasteiger partial charge in [-0.2, -0.15) is 0 Å². The fraction of sp³-hybridized carbons (Fsp3) is 0.333. The number of likely N-dealkylation sites (N-methyl/N-ethyl adjacent to an activating group) is 1. The summed E-state index contributed by atoms with van der Waals surface area (Å²) in [5.41, 5.74) is 2.87. The van der Waals surface area contributed by atoms with Crippen LogP contribution in [-0.2, 0) is 4.79 Å². The molecule has 2 aromatic rings. The Balaban J connectivity index is 1.52. The number of aryl methyl sites for hydroxylation is 1. The largest absolute Gasteiger partial charge is 0.365 e. The van der Waals surface area contributed by atoms with E-state index in [9.17, 15) is 9.59 Å². The Morgan fingerprint density at radius 3 is 2.08 bits per heavy atom. The van der Waals surface area contributed by atoms with Crippen molar-refractivity contribution >= 4 is 17.5 Å². The molecule has 1 aliphatic heterocycles. The van der Waals surface area contributed by atoms with Gasteiger partial charge >= 0.3 is 0 Å². The number of carbonyl (C=O) groups is 2. The number of carbonyl (C=O) groups excluding carboxylic acids is 2. The van der Waals surface area contributed by atoms with Crippen LogP contribution in [0.2, 0.25) is 0 Å². The third kappa shape index (κ3) is 4.23. The van der Waals surface area contributed by atoms with E-state index in [0.717, 1.165) is 11.3 Å².